The number of aromatic nitrogens is 3. The van der Waals surface area contributed by atoms with Crippen molar-refractivity contribution in [3.05, 3.63) is 36.4 Å². The van der Waals surface area contributed by atoms with E-state index in [4.69, 9.17) is 4.74 Å². The number of methoxy groups -OCH3 is 1. The summed E-state index contributed by atoms with van der Waals surface area (Å²) in [7, 11) is 3.60. The summed E-state index contributed by atoms with van der Waals surface area (Å²) in [6.07, 6.45) is 3.79. The van der Waals surface area contributed by atoms with E-state index in [1.54, 1.807) is 18.1 Å². The normalized spacial score (nSPS) is 17.0. The van der Waals surface area contributed by atoms with Crippen molar-refractivity contribution in [1.82, 2.24) is 25.4 Å². The van der Waals surface area contributed by atoms with E-state index >= 15 is 0 Å². The fourth-order valence-corrected chi connectivity index (χ4v) is 3.33. The number of aliphatic imine (C=N–C) groups is 1. The van der Waals surface area contributed by atoms with Gasteiger partial charge in [0.2, 0.25) is 0 Å². The average molecular weight is 499 g/mol. The molecule has 2 N–H and O–H groups in total. The zero-order valence-corrected chi connectivity index (χ0v) is 19.1. The molecule has 1 aromatic carbocycles. The van der Waals surface area contributed by atoms with Crippen molar-refractivity contribution in [2.24, 2.45) is 12.0 Å². The van der Waals surface area contributed by atoms with Gasteiger partial charge in [0.25, 0.3) is 0 Å². The van der Waals surface area contributed by atoms with Crippen molar-refractivity contribution in [2.75, 3.05) is 31.6 Å². The maximum Gasteiger partial charge on any atom is 0.191 e. The van der Waals surface area contributed by atoms with E-state index in [2.05, 4.69) is 49.7 Å². The smallest absolute Gasteiger partial charge is 0.191 e. The molecule has 0 radical (unpaired) electrons. The zero-order valence-electron chi connectivity index (χ0n) is 16.8. The third-order valence-corrected chi connectivity index (χ3v) is 4.72. The van der Waals surface area contributed by atoms with Crippen LogP contribution in [-0.4, -0.2) is 53.5 Å². The van der Waals surface area contributed by atoms with Gasteiger partial charge in [0, 0.05) is 32.7 Å². The lowest BCUT2D eigenvalue weighted by molar-refractivity contribution is 0.408. The van der Waals surface area contributed by atoms with Gasteiger partial charge in [-0.25, -0.2) is 9.98 Å². The van der Waals surface area contributed by atoms with Crippen LogP contribution in [0.25, 0.3) is 0 Å². The Morgan fingerprint density at radius 2 is 2.18 bits per heavy atom. The molecule has 0 spiro atoms. The van der Waals surface area contributed by atoms with Crippen LogP contribution in [0.3, 0.4) is 0 Å². The van der Waals surface area contributed by atoms with Crippen molar-refractivity contribution >= 4 is 35.6 Å². The van der Waals surface area contributed by atoms with Gasteiger partial charge in [-0.2, -0.15) is 5.10 Å². The number of hydrogen-bond acceptors (Lipinski definition) is 5. The number of nitrogens with zero attached hydrogens (tertiary/aromatic N) is 5. The van der Waals surface area contributed by atoms with Gasteiger partial charge in [-0.1, -0.05) is 12.1 Å². The van der Waals surface area contributed by atoms with Crippen LogP contribution in [-0.2, 0) is 13.6 Å². The van der Waals surface area contributed by atoms with Crippen molar-refractivity contribution < 1.29 is 4.74 Å². The minimum Gasteiger partial charge on any atom is -0.495 e. The molecule has 3 rings (SSSR count). The first-order chi connectivity index (χ1) is 13.2. The summed E-state index contributed by atoms with van der Waals surface area (Å²) in [5.41, 5.74) is 1.15. The minimum absolute atomic E-state index is 0. The van der Waals surface area contributed by atoms with Crippen LogP contribution in [0.15, 0.2) is 35.6 Å². The van der Waals surface area contributed by atoms with Gasteiger partial charge < -0.3 is 20.3 Å². The molecule has 1 aliphatic rings. The molecule has 28 heavy (non-hydrogen) atoms. The standard InChI is InChI=1S/C19H29N7O.HI/c1-4-20-19(21-12-18-22-14-23-25(18)2)24-15-8-7-11-26(13-15)16-9-5-6-10-17(16)27-3;/h5-6,9-10,14-15H,4,7-8,11-13H2,1-3H3,(H2,20,21,24);1H. The molecule has 8 nitrogen and oxygen atoms in total. The Kier molecular flexibility index (Phi) is 8.81. The molecule has 1 unspecified atom stereocenters. The van der Waals surface area contributed by atoms with Gasteiger partial charge in [0.1, 0.15) is 24.4 Å². The summed E-state index contributed by atoms with van der Waals surface area (Å²) in [5, 5.41) is 11.0. The summed E-state index contributed by atoms with van der Waals surface area (Å²) in [5.74, 6) is 2.57. The lowest BCUT2D eigenvalue weighted by Crippen LogP contribution is -2.51. The van der Waals surface area contributed by atoms with Crippen LogP contribution in [0, 0.1) is 0 Å². The van der Waals surface area contributed by atoms with Crippen LogP contribution in [0.4, 0.5) is 5.69 Å². The molecule has 0 amide bonds. The highest BCUT2D eigenvalue weighted by Crippen LogP contribution is 2.29. The van der Waals surface area contributed by atoms with Gasteiger partial charge in [-0.3, -0.25) is 4.68 Å². The number of aryl methyl sites for hydroxylation is 1. The summed E-state index contributed by atoms with van der Waals surface area (Å²) in [4.78, 5) is 11.3. The van der Waals surface area contributed by atoms with Crippen LogP contribution in [0.2, 0.25) is 0 Å². The quantitative estimate of drug-likeness (QED) is 0.361. The first kappa shape index (κ1) is 22.3. The third kappa shape index (κ3) is 5.73. The summed E-state index contributed by atoms with van der Waals surface area (Å²) in [6, 6.07) is 8.51. The second kappa shape index (κ2) is 11.1. The van der Waals surface area contributed by atoms with E-state index < -0.39 is 0 Å². The Bertz CT molecular complexity index is 764. The van der Waals surface area contributed by atoms with E-state index in [1.165, 1.54) is 0 Å². The van der Waals surface area contributed by atoms with Gasteiger partial charge in [0.05, 0.1) is 12.8 Å². The number of guanidine groups is 1. The molecular formula is C19H30IN7O. The first-order valence-corrected chi connectivity index (χ1v) is 9.47. The van der Waals surface area contributed by atoms with Crippen molar-refractivity contribution in [3.63, 3.8) is 0 Å². The Morgan fingerprint density at radius 3 is 2.89 bits per heavy atom. The third-order valence-electron chi connectivity index (χ3n) is 4.72. The number of rotatable bonds is 6. The molecule has 0 aliphatic carbocycles. The van der Waals surface area contributed by atoms with Gasteiger partial charge in [0.15, 0.2) is 5.96 Å². The lowest BCUT2D eigenvalue weighted by Gasteiger charge is -2.36. The molecule has 1 saturated heterocycles. The highest BCUT2D eigenvalue weighted by Gasteiger charge is 2.22. The maximum atomic E-state index is 5.53. The predicted octanol–water partition coefficient (Wildman–Crippen LogP) is 2.17. The highest BCUT2D eigenvalue weighted by molar-refractivity contribution is 14.0. The SMILES string of the molecule is CCNC(=NCc1ncnn1C)NC1CCCN(c2ccccc2OC)C1.I. The molecule has 1 aliphatic heterocycles. The molecule has 1 aromatic heterocycles. The maximum absolute atomic E-state index is 5.53. The number of piperidine rings is 1. The minimum atomic E-state index is 0. The lowest BCUT2D eigenvalue weighted by atomic mass is 10.0. The van der Waals surface area contributed by atoms with Crippen molar-refractivity contribution in [2.45, 2.75) is 32.4 Å². The molecule has 2 aromatic rings. The van der Waals surface area contributed by atoms with E-state index in [0.29, 0.717) is 12.6 Å². The topological polar surface area (TPSA) is 79.6 Å². The second-order valence-corrected chi connectivity index (χ2v) is 6.60. The van der Waals surface area contributed by atoms with Crippen molar-refractivity contribution in [1.29, 1.82) is 0 Å². The van der Waals surface area contributed by atoms with Crippen molar-refractivity contribution in [3.8, 4) is 5.75 Å². The van der Waals surface area contributed by atoms with Crippen LogP contribution < -0.4 is 20.3 Å². The zero-order chi connectivity index (χ0) is 19.1. The van der Waals surface area contributed by atoms with Gasteiger partial charge >= 0.3 is 0 Å². The summed E-state index contributed by atoms with van der Waals surface area (Å²) in [6.45, 7) is 5.32. The largest absolute Gasteiger partial charge is 0.495 e. The molecule has 1 fully saturated rings. The van der Waals surface area contributed by atoms with Crippen LogP contribution in [0.5, 0.6) is 5.75 Å². The molecule has 0 saturated carbocycles. The molecule has 0 bridgehead atoms. The number of para-hydroxylation sites is 2. The van der Waals surface area contributed by atoms with E-state index in [-0.39, 0.29) is 24.0 Å². The number of ether oxygens (including phenoxy) is 1. The molecule has 2 heterocycles. The summed E-state index contributed by atoms with van der Waals surface area (Å²) < 4.78 is 7.28. The molecule has 1 atom stereocenters. The predicted molar refractivity (Wildman–Crippen MR) is 123 cm³/mol. The monoisotopic (exact) mass is 499 g/mol. The highest BCUT2D eigenvalue weighted by atomic mass is 127. The number of halogens is 1. The average Bonchev–Trinajstić information content (AvgIpc) is 3.11. The number of anilines is 1. The Labute approximate surface area is 183 Å². The fraction of sp³-hybridized carbons (Fsp3) is 0.526. The van der Waals surface area contributed by atoms with E-state index in [1.807, 2.05) is 19.2 Å². The van der Waals surface area contributed by atoms with E-state index in [0.717, 1.165) is 55.7 Å². The first-order valence-electron chi connectivity index (χ1n) is 9.47. The Morgan fingerprint density at radius 1 is 1.36 bits per heavy atom. The van der Waals surface area contributed by atoms with Crippen LogP contribution >= 0.6 is 24.0 Å². The Balaban J connectivity index is 0.00000280. The Hall–Kier alpha value is -2.04. The van der Waals surface area contributed by atoms with E-state index in [9.17, 15) is 0 Å². The van der Waals surface area contributed by atoms with Crippen LogP contribution in [0.1, 0.15) is 25.6 Å². The van der Waals surface area contributed by atoms with Gasteiger partial charge in [-0.15, -0.1) is 24.0 Å². The molecular weight excluding hydrogens is 469 g/mol. The molecule has 154 valence electrons. The summed E-state index contributed by atoms with van der Waals surface area (Å²) >= 11 is 0. The van der Waals surface area contributed by atoms with Gasteiger partial charge in [-0.05, 0) is 31.9 Å². The number of nitrogens with one attached hydrogen (secondary N) is 2. The number of hydrogen-bond donors (Lipinski definition) is 2. The fourth-order valence-electron chi connectivity index (χ4n) is 3.33. The number of benzene rings is 1. The molecule has 9 heteroatoms. The second-order valence-electron chi connectivity index (χ2n) is 6.60.